The van der Waals surface area contributed by atoms with E-state index in [0.29, 0.717) is 72.9 Å². The molecular formula is C26H33N3O6+2. The zero-order chi connectivity index (χ0) is 23.9. The van der Waals surface area contributed by atoms with Crippen LogP contribution in [0.2, 0.25) is 0 Å². The van der Waals surface area contributed by atoms with Gasteiger partial charge in [0.2, 0.25) is 5.69 Å². The number of hydrogen-bond acceptors (Lipinski definition) is 6. The van der Waals surface area contributed by atoms with E-state index in [1.807, 2.05) is 18.2 Å². The molecule has 6 rings (SSSR count). The predicted molar refractivity (Wildman–Crippen MR) is 132 cm³/mol. The number of nitrogens with zero attached hydrogens (tertiary/aromatic N) is 2. The largest absolute Gasteiger partial charge is 0.373 e. The molecule has 2 amide bonds. The van der Waals surface area contributed by atoms with Crippen LogP contribution in [-0.2, 0) is 18.9 Å². The van der Waals surface area contributed by atoms with E-state index in [0.717, 1.165) is 61.4 Å². The molecule has 0 aromatic heterocycles. The number of quaternary nitrogens is 2. The number of nitrogens with one attached hydrogen (secondary N) is 1. The second kappa shape index (κ2) is 9.24. The average molecular weight is 484 g/mol. The molecule has 4 aliphatic rings. The van der Waals surface area contributed by atoms with Crippen molar-refractivity contribution >= 4 is 34.0 Å². The molecule has 2 saturated heterocycles. The summed E-state index contributed by atoms with van der Waals surface area (Å²) < 4.78 is 24.9. The molecule has 0 atom stereocenters. The number of benzene rings is 2. The van der Waals surface area contributed by atoms with E-state index in [1.165, 1.54) is 0 Å². The monoisotopic (exact) mass is 483 g/mol. The number of hydrogen-bond donors (Lipinski definition) is 1. The zero-order valence-electron chi connectivity index (χ0n) is 20.1. The number of rotatable bonds is 0. The van der Waals surface area contributed by atoms with Crippen molar-refractivity contribution in [2.75, 3.05) is 92.1 Å². The van der Waals surface area contributed by atoms with Crippen molar-refractivity contribution in [3.8, 4) is 0 Å². The predicted octanol–water partition coefficient (Wildman–Crippen LogP) is 1.45. The lowest BCUT2D eigenvalue weighted by molar-refractivity contribution is -0.00706. The molecule has 2 fully saturated rings. The Balaban J connectivity index is 1.69. The van der Waals surface area contributed by atoms with Gasteiger partial charge in [-0.15, -0.1) is 0 Å². The van der Waals surface area contributed by atoms with Gasteiger partial charge >= 0.3 is 0 Å². The third-order valence-corrected chi connectivity index (χ3v) is 8.16. The first kappa shape index (κ1) is 23.0. The van der Waals surface area contributed by atoms with E-state index in [-0.39, 0.29) is 11.8 Å². The first-order valence-corrected chi connectivity index (χ1v) is 12.6. The second-order valence-electron chi connectivity index (χ2n) is 9.89. The Kier molecular flexibility index (Phi) is 6.08. The van der Waals surface area contributed by atoms with Gasteiger partial charge in [-0.1, -0.05) is 12.1 Å². The standard InChI is InChI=1S/C26H32N3O6/c30-25-20-3-1-2-19-18-21-24(23(22(19)20)26(31)27-25)29(7-13-33-14-8-29)9-15-35-17-16-34-12-6-28(21)4-10-32-11-5-28/h1-3,18H,4-17H2/q+1/p+1. The highest BCUT2D eigenvalue weighted by Gasteiger charge is 2.48. The van der Waals surface area contributed by atoms with Crippen LogP contribution in [0.1, 0.15) is 20.7 Å². The summed E-state index contributed by atoms with van der Waals surface area (Å²) in [6.45, 7) is 9.49. The quantitative estimate of drug-likeness (QED) is 0.451. The molecule has 9 heteroatoms. The van der Waals surface area contributed by atoms with Gasteiger partial charge in [0.25, 0.3) is 11.8 Å². The number of fused-ring (bicyclic) bond motifs is 4. The molecule has 2 aromatic rings. The lowest BCUT2D eigenvalue weighted by Crippen LogP contribution is -2.63. The number of morpholine rings is 2. The van der Waals surface area contributed by atoms with Crippen molar-refractivity contribution in [2.24, 2.45) is 0 Å². The van der Waals surface area contributed by atoms with Crippen LogP contribution >= 0.6 is 0 Å². The molecule has 0 radical (unpaired) electrons. The van der Waals surface area contributed by atoms with Crippen LogP contribution in [0.15, 0.2) is 24.3 Å². The minimum Gasteiger partial charge on any atom is -0.373 e. The van der Waals surface area contributed by atoms with Gasteiger partial charge in [-0.3, -0.25) is 23.9 Å². The van der Waals surface area contributed by atoms with Crippen LogP contribution < -0.4 is 14.3 Å². The first-order valence-electron chi connectivity index (χ1n) is 12.6. The normalized spacial score (nSPS) is 24.5. The van der Waals surface area contributed by atoms with Gasteiger partial charge in [0.15, 0.2) is 5.69 Å². The van der Waals surface area contributed by atoms with Crippen molar-refractivity contribution in [1.29, 1.82) is 0 Å². The topological polar surface area (TPSA) is 83.1 Å². The summed E-state index contributed by atoms with van der Waals surface area (Å²) in [6, 6.07) is 7.97. The molecule has 35 heavy (non-hydrogen) atoms. The number of ether oxygens (including phenoxy) is 4. The molecule has 9 nitrogen and oxygen atoms in total. The molecular weight excluding hydrogens is 450 g/mol. The number of carbonyl (C=O) groups is 2. The molecule has 2 spiro atoms. The second-order valence-corrected chi connectivity index (χ2v) is 9.89. The summed E-state index contributed by atoms with van der Waals surface area (Å²) in [5, 5.41) is 4.33. The van der Waals surface area contributed by atoms with Crippen molar-refractivity contribution in [3.63, 3.8) is 0 Å². The molecule has 1 N–H and O–H groups in total. The molecule has 0 aliphatic carbocycles. The summed E-state index contributed by atoms with van der Waals surface area (Å²) in [7, 11) is 0. The number of imide groups is 1. The lowest BCUT2D eigenvalue weighted by atomic mass is 9.90. The van der Waals surface area contributed by atoms with E-state index < -0.39 is 0 Å². The minimum atomic E-state index is -0.332. The van der Waals surface area contributed by atoms with Gasteiger partial charge < -0.3 is 18.9 Å². The fourth-order valence-corrected chi connectivity index (χ4v) is 6.25. The Hall–Kier alpha value is -2.40. The number of carbonyl (C=O) groups excluding carboxylic acids is 2. The smallest absolute Gasteiger partial charge is 0.265 e. The van der Waals surface area contributed by atoms with Crippen molar-refractivity contribution < 1.29 is 28.5 Å². The van der Waals surface area contributed by atoms with Crippen molar-refractivity contribution in [2.45, 2.75) is 0 Å². The maximum atomic E-state index is 13.7. The highest BCUT2D eigenvalue weighted by molar-refractivity contribution is 6.28. The Morgan fingerprint density at radius 1 is 0.657 bits per heavy atom. The Bertz CT molecular complexity index is 1150. The SMILES string of the molecule is O=C1NC(=O)c2c3c(cc4cccc1c24)[N+]1(CCOCCOCC[N+]32CCOCC2)CCOCC1. The molecule has 0 saturated carbocycles. The maximum Gasteiger partial charge on any atom is 0.265 e. The lowest BCUT2D eigenvalue weighted by Gasteiger charge is -2.47. The highest BCUT2D eigenvalue weighted by atomic mass is 16.5. The summed E-state index contributed by atoms with van der Waals surface area (Å²) in [5.41, 5.74) is 3.36. The van der Waals surface area contributed by atoms with E-state index in [9.17, 15) is 9.59 Å². The Morgan fingerprint density at radius 3 is 1.80 bits per heavy atom. The summed E-state index contributed by atoms with van der Waals surface area (Å²) >= 11 is 0. The van der Waals surface area contributed by atoms with Crippen LogP contribution in [-0.4, -0.2) is 104 Å². The molecule has 4 heterocycles. The minimum absolute atomic E-state index is 0.310. The fraction of sp³-hybridized carbons (Fsp3) is 0.538. The molecule has 4 aliphatic heterocycles. The molecule has 2 aromatic carbocycles. The van der Waals surface area contributed by atoms with Crippen LogP contribution in [0.25, 0.3) is 10.8 Å². The first-order chi connectivity index (χ1) is 17.1. The third kappa shape index (κ3) is 3.87. The summed E-state index contributed by atoms with van der Waals surface area (Å²) in [6.07, 6.45) is 0. The van der Waals surface area contributed by atoms with E-state index in [2.05, 4.69) is 11.4 Å². The van der Waals surface area contributed by atoms with E-state index in [1.54, 1.807) is 0 Å². The third-order valence-electron chi connectivity index (χ3n) is 8.16. The van der Waals surface area contributed by atoms with Gasteiger partial charge in [-0.25, -0.2) is 0 Å². The van der Waals surface area contributed by atoms with Crippen LogP contribution in [0.4, 0.5) is 11.4 Å². The fourth-order valence-electron chi connectivity index (χ4n) is 6.25. The van der Waals surface area contributed by atoms with Crippen molar-refractivity contribution in [1.82, 2.24) is 14.3 Å². The molecule has 0 bridgehead atoms. The summed E-state index contributed by atoms with van der Waals surface area (Å²) in [4.78, 5) is 26.5. The average Bonchev–Trinajstić information content (AvgIpc) is 2.88. The van der Waals surface area contributed by atoms with Gasteiger partial charge in [0.1, 0.15) is 44.8 Å². The number of amides is 2. The Morgan fingerprint density at radius 2 is 1.20 bits per heavy atom. The van der Waals surface area contributed by atoms with Gasteiger partial charge in [0, 0.05) is 17.0 Å². The van der Waals surface area contributed by atoms with Gasteiger partial charge in [-0.2, -0.15) is 0 Å². The van der Waals surface area contributed by atoms with E-state index in [4.69, 9.17) is 18.9 Å². The maximum absolute atomic E-state index is 13.7. The van der Waals surface area contributed by atoms with Gasteiger partial charge in [-0.05, 0) is 11.5 Å². The van der Waals surface area contributed by atoms with Crippen LogP contribution in [0.3, 0.4) is 0 Å². The highest BCUT2D eigenvalue weighted by Crippen LogP contribution is 2.47. The summed E-state index contributed by atoms with van der Waals surface area (Å²) in [5.74, 6) is -0.642. The van der Waals surface area contributed by atoms with E-state index >= 15 is 0 Å². The molecule has 0 unspecified atom stereocenters. The zero-order valence-corrected chi connectivity index (χ0v) is 20.1. The van der Waals surface area contributed by atoms with Crippen molar-refractivity contribution in [3.05, 3.63) is 35.4 Å². The van der Waals surface area contributed by atoms with Crippen LogP contribution in [0.5, 0.6) is 0 Å². The molecule has 186 valence electrons. The Labute approximate surface area is 204 Å². The van der Waals surface area contributed by atoms with Crippen LogP contribution in [0, 0.1) is 0 Å². The van der Waals surface area contributed by atoms with Gasteiger partial charge in [0.05, 0.1) is 52.9 Å².